The number of hydrogen-bond acceptors (Lipinski definition) is 7. The summed E-state index contributed by atoms with van der Waals surface area (Å²) in [5.41, 5.74) is 1.06. The van der Waals surface area contributed by atoms with Gasteiger partial charge in [-0.1, -0.05) is 28.9 Å². The fourth-order valence-electron chi connectivity index (χ4n) is 3.60. The second-order valence-electron chi connectivity index (χ2n) is 7.56. The largest absolute Gasteiger partial charge is 0.339 e. The molecule has 1 amide bonds. The number of piperidine rings is 1. The summed E-state index contributed by atoms with van der Waals surface area (Å²) in [5.74, 6) is 0.281. The molecule has 2 heterocycles. The zero-order valence-electron chi connectivity index (χ0n) is 18.0. The van der Waals surface area contributed by atoms with Gasteiger partial charge in [0.05, 0.1) is 17.0 Å². The Balaban J connectivity index is 1.51. The van der Waals surface area contributed by atoms with Crippen LogP contribution in [0.1, 0.15) is 35.5 Å². The van der Waals surface area contributed by atoms with Gasteiger partial charge < -0.3 is 9.42 Å². The van der Waals surface area contributed by atoms with E-state index in [1.807, 2.05) is 6.26 Å². The van der Waals surface area contributed by atoms with Gasteiger partial charge in [-0.25, -0.2) is 13.1 Å². The molecule has 11 heteroatoms. The van der Waals surface area contributed by atoms with E-state index in [0.717, 1.165) is 24.2 Å². The molecule has 2 aromatic carbocycles. The molecule has 1 N–H and O–H groups in total. The predicted octanol–water partition coefficient (Wildman–Crippen LogP) is 4.22. The molecule has 174 valence electrons. The van der Waals surface area contributed by atoms with Gasteiger partial charge in [-0.15, -0.1) is 11.8 Å². The minimum Gasteiger partial charge on any atom is -0.339 e. The van der Waals surface area contributed by atoms with Crippen LogP contribution in [0.4, 0.5) is 0 Å². The third-order valence-corrected chi connectivity index (χ3v) is 7.75. The van der Waals surface area contributed by atoms with Crippen molar-refractivity contribution in [2.75, 3.05) is 19.3 Å². The number of carbonyl (C=O) groups is 1. The minimum atomic E-state index is -3.91. The van der Waals surface area contributed by atoms with Gasteiger partial charge in [-0.05, 0) is 55.9 Å². The van der Waals surface area contributed by atoms with Crippen molar-refractivity contribution in [3.05, 3.63) is 58.9 Å². The van der Waals surface area contributed by atoms with Crippen LogP contribution < -0.4 is 4.72 Å². The normalized spacial score (nSPS) is 14.4. The van der Waals surface area contributed by atoms with Crippen LogP contribution in [-0.2, 0) is 16.6 Å². The van der Waals surface area contributed by atoms with E-state index < -0.39 is 10.0 Å². The molecule has 8 nitrogen and oxygen atoms in total. The van der Waals surface area contributed by atoms with Crippen LogP contribution in [0.15, 0.2) is 56.8 Å². The Hall–Kier alpha value is -2.40. The number of benzene rings is 2. The molecular weight excluding hydrogens is 484 g/mol. The van der Waals surface area contributed by atoms with E-state index in [1.54, 1.807) is 35.2 Å². The molecule has 0 radical (unpaired) electrons. The molecular formula is C22H23ClN4O4S2. The number of aromatic nitrogens is 2. The lowest BCUT2D eigenvalue weighted by Crippen LogP contribution is -2.36. The molecule has 0 aliphatic carbocycles. The Morgan fingerprint density at radius 3 is 2.70 bits per heavy atom. The molecule has 1 saturated heterocycles. The second-order valence-corrected chi connectivity index (χ2v) is 10.6. The summed E-state index contributed by atoms with van der Waals surface area (Å²) in [6.07, 6.45) is 4.89. The maximum Gasteiger partial charge on any atom is 0.255 e. The average Bonchev–Trinajstić information content (AvgIpc) is 3.32. The third kappa shape index (κ3) is 5.57. The summed E-state index contributed by atoms with van der Waals surface area (Å²) in [4.78, 5) is 19.8. The van der Waals surface area contributed by atoms with E-state index in [4.69, 9.17) is 16.1 Å². The van der Waals surface area contributed by atoms with E-state index in [-0.39, 0.29) is 23.2 Å². The van der Waals surface area contributed by atoms with Crippen molar-refractivity contribution in [2.24, 2.45) is 0 Å². The van der Waals surface area contributed by atoms with Gasteiger partial charge >= 0.3 is 0 Å². The first-order valence-corrected chi connectivity index (χ1v) is 13.5. The zero-order valence-corrected chi connectivity index (χ0v) is 20.3. The minimum absolute atomic E-state index is 0.00948. The fourth-order valence-corrected chi connectivity index (χ4v) is 5.36. The standard InChI is InChI=1S/C22H23ClN4O4S2/c1-32-19-9-8-17(13-18(19)22(28)27-10-3-2-4-11-27)33(29,30)24-14-20-25-21(26-31-20)15-6-5-7-16(23)12-15/h5-9,12-13,24H,2-4,10-11,14H2,1H3. The lowest BCUT2D eigenvalue weighted by Gasteiger charge is -2.27. The predicted molar refractivity (Wildman–Crippen MR) is 127 cm³/mol. The first-order chi connectivity index (χ1) is 15.9. The molecule has 1 aliphatic rings. The van der Waals surface area contributed by atoms with Gasteiger partial charge in [0.2, 0.25) is 21.7 Å². The van der Waals surface area contributed by atoms with E-state index in [0.29, 0.717) is 35.1 Å². The van der Waals surface area contributed by atoms with E-state index in [1.165, 1.54) is 23.9 Å². The number of carbonyl (C=O) groups excluding carboxylic acids is 1. The van der Waals surface area contributed by atoms with Gasteiger partial charge in [0.1, 0.15) is 0 Å². The number of sulfonamides is 1. The van der Waals surface area contributed by atoms with Crippen molar-refractivity contribution >= 4 is 39.3 Å². The summed E-state index contributed by atoms with van der Waals surface area (Å²) in [7, 11) is -3.91. The fraction of sp³-hybridized carbons (Fsp3) is 0.318. The molecule has 3 aromatic rings. The highest BCUT2D eigenvalue weighted by atomic mass is 35.5. The topological polar surface area (TPSA) is 105 Å². The lowest BCUT2D eigenvalue weighted by molar-refractivity contribution is 0.0720. The highest BCUT2D eigenvalue weighted by Crippen LogP contribution is 2.26. The quantitative estimate of drug-likeness (QED) is 0.478. The molecule has 0 saturated carbocycles. The number of likely N-dealkylation sites (tertiary alicyclic amines) is 1. The monoisotopic (exact) mass is 506 g/mol. The maximum atomic E-state index is 13.1. The number of amides is 1. The summed E-state index contributed by atoms with van der Waals surface area (Å²) in [5, 5.41) is 4.41. The van der Waals surface area contributed by atoms with Crippen LogP contribution in [0.2, 0.25) is 5.02 Å². The molecule has 0 atom stereocenters. The first kappa shape index (κ1) is 23.7. The molecule has 0 unspecified atom stereocenters. The van der Waals surface area contributed by atoms with Gasteiger partial charge in [0.15, 0.2) is 0 Å². The van der Waals surface area contributed by atoms with Crippen molar-refractivity contribution in [3.8, 4) is 11.4 Å². The highest BCUT2D eigenvalue weighted by molar-refractivity contribution is 7.98. The molecule has 0 spiro atoms. The van der Waals surface area contributed by atoms with Gasteiger partial charge in [-0.2, -0.15) is 4.98 Å². The lowest BCUT2D eigenvalue weighted by atomic mass is 10.1. The molecule has 1 aliphatic heterocycles. The summed E-state index contributed by atoms with van der Waals surface area (Å²) < 4.78 is 33.5. The van der Waals surface area contributed by atoms with Crippen LogP contribution in [0.25, 0.3) is 11.4 Å². The number of rotatable bonds is 7. The summed E-state index contributed by atoms with van der Waals surface area (Å²) >= 11 is 7.40. The Labute approximate surface area is 201 Å². The van der Waals surface area contributed by atoms with Crippen molar-refractivity contribution < 1.29 is 17.7 Å². The number of halogens is 1. The molecule has 0 bridgehead atoms. The zero-order chi connectivity index (χ0) is 23.4. The highest BCUT2D eigenvalue weighted by Gasteiger charge is 2.24. The van der Waals surface area contributed by atoms with Crippen molar-refractivity contribution in [1.29, 1.82) is 0 Å². The Morgan fingerprint density at radius 1 is 1.18 bits per heavy atom. The number of hydrogen-bond donors (Lipinski definition) is 1. The first-order valence-electron chi connectivity index (χ1n) is 10.4. The van der Waals surface area contributed by atoms with Gasteiger partial charge in [0, 0.05) is 28.6 Å². The van der Waals surface area contributed by atoms with Crippen molar-refractivity contribution in [2.45, 2.75) is 35.6 Å². The van der Waals surface area contributed by atoms with Crippen LogP contribution in [0, 0.1) is 0 Å². The molecule has 1 fully saturated rings. The smallest absolute Gasteiger partial charge is 0.255 e. The second kappa shape index (κ2) is 10.3. The van der Waals surface area contributed by atoms with Crippen LogP contribution in [0.3, 0.4) is 0 Å². The van der Waals surface area contributed by atoms with Crippen molar-refractivity contribution in [1.82, 2.24) is 19.8 Å². The van der Waals surface area contributed by atoms with E-state index in [2.05, 4.69) is 14.9 Å². The SMILES string of the molecule is CSc1ccc(S(=O)(=O)NCc2nc(-c3cccc(Cl)c3)no2)cc1C(=O)N1CCCCC1. The van der Waals surface area contributed by atoms with Crippen LogP contribution >= 0.6 is 23.4 Å². The number of thioether (sulfide) groups is 1. The van der Waals surface area contributed by atoms with Crippen LogP contribution in [0.5, 0.6) is 0 Å². The third-order valence-electron chi connectivity index (χ3n) is 5.32. The van der Waals surface area contributed by atoms with Gasteiger partial charge in [-0.3, -0.25) is 4.79 Å². The molecule has 4 rings (SSSR count). The summed E-state index contributed by atoms with van der Waals surface area (Å²) in [6.45, 7) is 1.19. The Kier molecular flexibility index (Phi) is 7.38. The van der Waals surface area contributed by atoms with Crippen LogP contribution in [-0.4, -0.2) is 48.7 Å². The maximum absolute atomic E-state index is 13.1. The molecule has 1 aromatic heterocycles. The van der Waals surface area contributed by atoms with Crippen molar-refractivity contribution in [3.63, 3.8) is 0 Å². The van der Waals surface area contributed by atoms with Gasteiger partial charge in [0.25, 0.3) is 5.91 Å². The number of nitrogens with zero attached hydrogens (tertiary/aromatic N) is 3. The Bertz CT molecular complexity index is 1260. The average molecular weight is 507 g/mol. The van der Waals surface area contributed by atoms with E-state index in [9.17, 15) is 13.2 Å². The number of nitrogens with one attached hydrogen (secondary N) is 1. The molecule has 33 heavy (non-hydrogen) atoms. The van der Waals surface area contributed by atoms with E-state index >= 15 is 0 Å². The Morgan fingerprint density at radius 2 is 1.97 bits per heavy atom. The summed E-state index contributed by atoms with van der Waals surface area (Å²) in [6, 6.07) is 11.6.